The molecule has 0 spiro atoms. The molecule has 0 amide bonds. The number of methoxy groups -OCH3 is 1. The lowest BCUT2D eigenvalue weighted by Crippen LogP contribution is -2.19. The number of carbonyl (C=O) groups is 1. The van der Waals surface area contributed by atoms with Gasteiger partial charge in [-0.25, -0.2) is 9.48 Å². The van der Waals surface area contributed by atoms with E-state index < -0.39 is 5.97 Å². The van der Waals surface area contributed by atoms with E-state index >= 15 is 0 Å². The average molecular weight is 528 g/mol. The van der Waals surface area contributed by atoms with Crippen LogP contribution in [-0.4, -0.2) is 44.5 Å². The number of hydrogen-bond acceptors (Lipinski definition) is 7. The minimum atomic E-state index is -0.570. The summed E-state index contributed by atoms with van der Waals surface area (Å²) in [5.41, 5.74) is 2.24. The third-order valence-corrected chi connectivity index (χ3v) is 5.94. The Morgan fingerprint density at radius 1 is 1.12 bits per heavy atom. The second kappa shape index (κ2) is 9.96. The molecule has 0 aliphatic rings. The first kappa shape index (κ1) is 23.3. The lowest BCUT2D eigenvalue weighted by atomic mass is 10.1. The van der Waals surface area contributed by atoms with Crippen molar-refractivity contribution < 1.29 is 19.0 Å². The van der Waals surface area contributed by atoms with Gasteiger partial charge in [0.15, 0.2) is 17.2 Å². The molecule has 4 aromatic rings. The molecule has 34 heavy (non-hydrogen) atoms. The predicted octanol–water partition coefficient (Wildman–Crippen LogP) is 3.49. The Morgan fingerprint density at radius 2 is 1.88 bits per heavy atom. The Labute approximate surface area is 203 Å². The molecule has 2 aromatic carbocycles. The van der Waals surface area contributed by atoms with E-state index in [2.05, 4.69) is 31.3 Å². The van der Waals surface area contributed by atoms with E-state index in [1.54, 1.807) is 41.5 Å². The van der Waals surface area contributed by atoms with Gasteiger partial charge in [-0.3, -0.25) is 9.48 Å². The highest BCUT2D eigenvalue weighted by Crippen LogP contribution is 2.33. The van der Waals surface area contributed by atoms with Gasteiger partial charge in [-0.15, -0.1) is 5.10 Å². The van der Waals surface area contributed by atoms with Crippen LogP contribution in [0.25, 0.3) is 16.9 Å². The fraction of sp³-hybridized carbons (Fsp3) is 0.217. The maximum atomic E-state index is 12.8. The zero-order chi connectivity index (χ0) is 24.2. The van der Waals surface area contributed by atoms with Gasteiger partial charge in [0.2, 0.25) is 0 Å². The molecule has 1 N–H and O–H groups in total. The SMILES string of the molecule is CCOC(=O)c1n[nH]nc1-c1ccc(OCc2c(Br)c(=O)n(-c3ccccc3)n2C)c(OC)c1. The molecule has 2 aromatic heterocycles. The van der Waals surface area contributed by atoms with Crippen molar-refractivity contribution in [2.45, 2.75) is 13.5 Å². The van der Waals surface area contributed by atoms with Crippen molar-refractivity contribution >= 4 is 21.9 Å². The lowest BCUT2D eigenvalue weighted by molar-refractivity contribution is 0.0520. The summed E-state index contributed by atoms with van der Waals surface area (Å²) in [4.78, 5) is 25.0. The highest BCUT2D eigenvalue weighted by Gasteiger charge is 2.21. The Bertz CT molecular complexity index is 1380. The summed E-state index contributed by atoms with van der Waals surface area (Å²) in [6.45, 7) is 2.06. The van der Waals surface area contributed by atoms with E-state index in [0.717, 1.165) is 5.69 Å². The number of hydrogen-bond donors (Lipinski definition) is 1. The maximum Gasteiger partial charge on any atom is 0.361 e. The number of ether oxygens (including phenoxy) is 3. The van der Waals surface area contributed by atoms with Gasteiger partial charge in [-0.1, -0.05) is 18.2 Å². The van der Waals surface area contributed by atoms with Crippen molar-refractivity contribution in [1.29, 1.82) is 0 Å². The first-order chi connectivity index (χ1) is 16.5. The maximum absolute atomic E-state index is 12.8. The first-order valence-electron chi connectivity index (χ1n) is 10.4. The summed E-state index contributed by atoms with van der Waals surface area (Å²) in [6, 6.07) is 14.5. The van der Waals surface area contributed by atoms with Crippen LogP contribution in [0.2, 0.25) is 0 Å². The summed E-state index contributed by atoms with van der Waals surface area (Å²) < 4.78 is 20.2. The van der Waals surface area contributed by atoms with Gasteiger partial charge >= 0.3 is 5.97 Å². The number of carbonyl (C=O) groups excluding carboxylic acids is 1. The Hall–Kier alpha value is -3.86. The van der Waals surface area contributed by atoms with E-state index in [4.69, 9.17) is 14.2 Å². The fourth-order valence-electron chi connectivity index (χ4n) is 3.49. The van der Waals surface area contributed by atoms with Crippen LogP contribution in [-0.2, 0) is 18.4 Å². The third kappa shape index (κ3) is 4.34. The molecule has 0 saturated carbocycles. The zero-order valence-electron chi connectivity index (χ0n) is 18.7. The van der Waals surface area contributed by atoms with Gasteiger partial charge in [0.25, 0.3) is 5.56 Å². The molecule has 2 heterocycles. The number of para-hydroxylation sites is 1. The summed E-state index contributed by atoms with van der Waals surface area (Å²) in [5.74, 6) is 0.317. The van der Waals surface area contributed by atoms with Crippen LogP contribution in [0.15, 0.2) is 57.8 Å². The molecule has 0 aliphatic heterocycles. The molecule has 4 rings (SSSR count). The van der Waals surface area contributed by atoms with Crippen molar-refractivity contribution in [3.05, 3.63) is 74.7 Å². The molecule has 0 unspecified atom stereocenters. The summed E-state index contributed by atoms with van der Waals surface area (Å²) in [6.07, 6.45) is 0. The van der Waals surface area contributed by atoms with E-state index in [-0.39, 0.29) is 24.5 Å². The van der Waals surface area contributed by atoms with Crippen LogP contribution in [0.1, 0.15) is 23.1 Å². The topological polar surface area (TPSA) is 113 Å². The normalized spacial score (nSPS) is 10.8. The van der Waals surface area contributed by atoms with Crippen molar-refractivity contribution in [2.24, 2.45) is 7.05 Å². The fourth-order valence-corrected chi connectivity index (χ4v) is 4.03. The number of aromatic nitrogens is 5. The molecule has 0 atom stereocenters. The second-order valence-corrected chi connectivity index (χ2v) is 7.93. The molecular weight excluding hydrogens is 506 g/mol. The lowest BCUT2D eigenvalue weighted by Gasteiger charge is -2.14. The van der Waals surface area contributed by atoms with Crippen LogP contribution in [0.3, 0.4) is 0 Å². The Morgan fingerprint density at radius 3 is 2.59 bits per heavy atom. The quantitative estimate of drug-likeness (QED) is 0.349. The smallest absolute Gasteiger partial charge is 0.361 e. The minimum Gasteiger partial charge on any atom is -0.493 e. The molecule has 10 nitrogen and oxygen atoms in total. The Kier molecular flexibility index (Phi) is 6.82. The summed E-state index contributed by atoms with van der Waals surface area (Å²) in [5, 5.41) is 10.4. The summed E-state index contributed by atoms with van der Waals surface area (Å²) >= 11 is 3.40. The van der Waals surface area contributed by atoms with Crippen molar-refractivity contribution in [3.63, 3.8) is 0 Å². The predicted molar refractivity (Wildman–Crippen MR) is 127 cm³/mol. The zero-order valence-corrected chi connectivity index (χ0v) is 20.3. The number of nitrogens with zero attached hydrogens (tertiary/aromatic N) is 4. The van der Waals surface area contributed by atoms with Crippen molar-refractivity contribution in [1.82, 2.24) is 24.8 Å². The molecule has 0 radical (unpaired) electrons. The second-order valence-electron chi connectivity index (χ2n) is 7.13. The number of esters is 1. The number of nitrogens with one attached hydrogen (secondary N) is 1. The number of rotatable bonds is 8. The van der Waals surface area contributed by atoms with Crippen molar-refractivity contribution in [3.8, 4) is 28.4 Å². The van der Waals surface area contributed by atoms with E-state index in [0.29, 0.717) is 32.9 Å². The number of H-pyrrole nitrogens is 1. The third-order valence-electron chi connectivity index (χ3n) is 5.14. The van der Waals surface area contributed by atoms with Crippen LogP contribution in [0, 0.1) is 0 Å². The van der Waals surface area contributed by atoms with Gasteiger partial charge < -0.3 is 14.2 Å². The highest BCUT2D eigenvalue weighted by molar-refractivity contribution is 9.10. The number of benzene rings is 2. The van der Waals surface area contributed by atoms with Crippen LogP contribution >= 0.6 is 15.9 Å². The number of aromatic amines is 1. The Balaban J connectivity index is 1.61. The van der Waals surface area contributed by atoms with E-state index in [1.807, 2.05) is 30.3 Å². The van der Waals surface area contributed by atoms with E-state index in [1.165, 1.54) is 7.11 Å². The van der Waals surface area contributed by atoms with Gasteiger partial charge in [0.05, 0.1) is 25.1 Å². The van der Waals surface area contributed by atoms with Crippen LogP contribution in [0.4, 0.5) is 0 Å². The van der Waals surface area contributed by atoms with Crippen LogP contribution in [0.5, 0.6) is 11.5 Å². The van der Waals surface area contributed by atoms with Gasteiger partial charge in [0, 0.05) is 12.6 Å². The standard InChI is InChI=1S/C23H22BrN5O5/c1-4-33-23(31)21-20(25-27-26-21)14-10-11-17(18(12-14)32-3)34-13-16-19(24)22(30)29(28(16)2)15-8-6-5-7-9-15/h5-12H,4,13H2,1-3H3,(H,25,26,27). The van der Waals surface area contributed by atoms with Gasteiger partial charge in [-0.05, 0) is 53.2 Å². The number of halogens is 1. The van der Waals surface area contributed by atoms with Gasteiger partial charge in [0.1, 0.15) is 16.8 Å². The minimum absolute atomic E-state index is 0.0822. The molecular formula is C23H22BrN5O5. The summed E-state index contributed by atoms with van der Waals surface area (Å²) in [7, 11) is 3.30. The van der Waals surface area contributed by atoms with E-state index in [9.17, 15) is 9.59 Å². The molecule has 0 fully saturated rings. The molecule has 0 saturated heterocycles. The first-order valence-corrected chi connectivity index (χ1v) is 11.2. The van der Waals surface area contributed by atoms with Crippen LogP contribution < -0.4 is 15.0 Å². The largest absolute Gasteiger partial charge is 0.493 e. The average Bonchev–Trinajstić information content (AvgIpc) is 3.42. The molecule has 11 heteroatoms. The molecule has 176 valence electrons. The van der Waals surface area contributed by atoms with Crippen molar-refractivity contribution in [2.75, 3.05) is 13.7 Å². The highest BCUT2D eigenvalue weighted by atomic mass is 79.9. The van der Waals surface area contributed by atoms with Gasteiger partial charge in [-0.2, -0.15) is 10.3 Å². The molecule has 0 aliphatic carbocycles. The molecule has 0 bridgehead atoms. The monoisotopic (exact) mass is 527 g/mol.